The number of rotatable bonds is 2. The summed E-state index contributed by atoms with van der Waals surface area (Å²) in [7, 11) is 0. The number of nitrogens with two attached hydrogens (primary N) is 1. The Balaban J connectivity index is 2.66. The molecule has 1 atom stereocenters. The van der Waals surface area contributed by atoms with Gasteiger partial charge in [-0.25, -0.2) is 0 Å². The maximum absolute atomic E-state index is 12.7. The van der Waals surface area contributed by atoms with Gasteiger partial charge in [-0.2, -0.15) is 13.2 Å². The van der Waals surface area contributed by atoms with Gasteiger partial charge in [0.15, 0.2) is 0 Å². The minimum atomic E-state index is -4.31. The molecule has 2 aromatic rings. The van der Waals surface area contributed by atoms with Crippen molar-refractivity contribution in [2.45, 2.75) is 19.0 Å². The minimum Gasteiger partial charge on any atom is -0.330 e. The van der Waals surface area contributed by atoms with E-state index in [9.17, 15) is 13.2 Å². The molecule has 0 saturated carbocycles. The summed E-state index contributed by atoms with van der Waals surface area (Å²) in [5.74, 6) is 0.0391. The van der Waals surface area contributed by atoms with Crippen LogP contribution in [-0.4, -0.2) is 6.54 Å². The second kappa shape index (κ2) is 4.61. The Morgan fingerprint density at radius 2 is 1.89 bits per heavy atom. The number of alkyl halides is 3. The highest BCUT2D eigenvalue weighted by Crippen LogP contribution is 2.33. The number of hydrogen-bond donors (Lipinski definition) is 1. The van der Waals surface area contributed by atoms with Crippen LogP contribution in [0.25, 0.3) is 10.8 Å². The summed E-state index contributed by atoms with van der Waals surface area (Å²) in [6, 6.07) is 9.31. The Labute approximate surface area is 103 Å². The highest BCUT2D eigenvalue weighted by Gasteiger charge is 2.30. The van der Waals surface area contributed by atoms with Crippen LogP contribution < -0.4 is 5.73 Å². The molecule has 0 saturated heterocycles. The van der Waals surface area contributed by atoms with Crippen molar-refractivity contribution < 1.29 is 13.2 Å². The SMILES string of the molecule is CC(CN)c1cccc2ccc(C(F)(F)F)cc12. The van der Waals surface area contributed by atoms with Gasteiger partial charge in [-0.3, -0.25) is 0 Å². The molecule has 1 unspecified atom stereocenters. The Morgan fingerprint density at radius 1 is 1.17 bits per heavy atom. The molecule has 0 aliphatic carbocycles. The molecule has 2 aromatic carbocycles. The van der Waals surface area contributed by atoms with Gasteiger partial charge in [0.2, 0.25) is 0 Å². The fraction of sp³-hybridized carbons (Fsp3) is 0.286. The fourth-order valence-electron chi connectivity index (χ4n) is 2.03. The van der Waals surface area contributed by atoms with Crippen molar-refractivity contribution in [2.75, 3.05) is 6.54 Å². The molecule has 0 aromatic heterocycles. The third-order valence-electron chi connectivity index (χ3n) is 3.13. The summed E-state index contributed by atoms with van der Waals surface area (Å²) < 4.78 is 38.1. The van der Waals surface area contributed by atoms with Crippen LogP contribution in [-0.2, 0) is 6.18 Å². The summed E-state index contributed by atoms with van der Waals surface area (Å²) in [5, 5.41) is 1.44. The van der Waals surface area contributed by atoms with Gasteiger partial charge in [-0.15, -0.1) is 0 Å². The highest BCUT2D eigenvalue weighted by molar-refractivity contribution is 5.87. The van der Waals surface area contributed by atoms with Crippen LogP contribution in [0.3, 0.4) is 0 Å². The van der Waals surface area contributed by atoms with E-state index < -0.39 is 11.7 Å². The topological polar surface area (TPSA) is 26.0 Å². The van der Waals surface area contributed by atoms with Crippen LogP contribution in [0, 0.1) is 0 Å². The molecule has 4 heteroatoms. The average molecular weight is 253 g/mol. The van der Waals surface area contributed by atoms with Crippen LogP contribution in [0.5, 0.6) is 0 Å². The molecule has 2 N–H and O–H groups in total. The van der Waals surface area contributed by atoms with Crippen LogP contribution in [0.15, 0.2) is 36.4 Å². The summed E-state index contributed by atoms with van der Waals surface area (Å²) >= 11 is 0. The molecule has 0 fully saturated rings. The van der Waals surface area contributed by atoms with Crippen molar-refractivity contribution in [3.63, 3.8) is 0 Å². The lowest BCUT2D eigenvalue weighted by Crippen LogP contribution is -2.10. The predicted octanol–water partition coefficient (Wildman–Crippen LogP) is 3.92. The van der Waals surface area contributed by atoms with E-state index in [1.54, 1.807) is 0 Å². The second-order valence-corrected chi connectivity index (χ2v) is 4.42. The van der Waals surface area contributed by atoms with E-state index in [2.05, 4.69) is 0 Å². The number of fused-ring (bicyclic) bond motifs is 1. The van der Waals surface area contributed by atoms with Crippen molar-refractivity contribution in [1.29, 1.82) is 0 Å². The zero-order valence-corrected chi connectivity index (χ0v) is 9.96. The molecule has 0 heterocycles. The molecule has 0 spiro atoms. The molecule has 0 aliphatic rings. The minimum absolute atomic E-state index is 0.0391. The number of benzene rings is 2. The first-order valence-corrected chi connectivity index (χ1v) is 5.73. The lowest BCUT2D eigenvalue weighted by atomic mass is 9.93. The van der Waals surface area contributed by atoms with Gasteiger partial charge < -0.3 is 5.73 Å². The first kappa shape index (κ1) is 12.9. The van der Waals surface area contributed by atoms with E-state index in [0.717, 1.165) is 17.0 Å². The Kier molecular flexibility index (Phi) is 3.30. The van der Waals surface area contributed by atoms with E-state index >= 15 is 0 Å². The van der Waals surface area contributed by atoms with Crippen LogP contribution in [0.2, 0.25) is 0 Å². The molecular weight excluding hydrogens is 239 g/mol. The summed E-state index contributed by atoms with van der Waals surface area (Å²) in [6.45, 7) is 2.32. The van der Waals surface area contributed by atoms with Crippen molar-refractivity contribution in [1.82, 2.24) is 0 Å². The van der Waals surface area contributed by atoms with Crippen molar-refractivity contribution in [3.8, 4) is 0 Å². The first-order chi connectivity index (χ1) is 8.43. The van der Waals surface area contributed by atoms with Crippen LogP contribution in [0.4, 0.5) is 13.2 Å². The van der Waals surface area contributed by atoms with Crippen LogP contribution in [0.1, 0.15) is 24.0 Å². The van der Waals surface area contributed by atoms with Crippen molar-refractivity contribution in [3.05, 3.63) is 47.5 Å². The molecule has 0 amide bonds. The first-order valence-electron chi connectivity index (χ1n) is 5.73. The molecule has 18 heavy (non-hydrogen) atoms. The van der Waals surface area contributed by atoms with Gasteiger partial charge >= 0.3 is 6.18 Å². The van der Waals surface area contributed by atoms with E-state index in [1.165, 1.54) is 12.1 Å². The summed E-state index contributed by atoms with van der Waals surface area (Å²) in [5.41, 5.74) is 5.84. The van der Waals surface area contributed by atoms with Gasteiger partial charge in [0.1, 0.15) is 0 Å². The van der Waals surface area contributed by atoms with E-state index in [-0.39, 0.29) is 5.92 Å². The maximum atomic E-state index is 12.7. The van der Waals surface area contributed by atoms with Gasteiger partial charge in [-0.1, -0.05) is 31.2 Å². The fourth-order valence-corrected chi connectivity index (χ4v) is 2.03. The quantitative estimate of drug-likeness (QED) is 0.862. The van der Waals surface area contributed by atoms with Gasteiger partial charge in [-0.05, 0) is 40.9 Å². The molecule has 2 rings (SSSR count). The third kappa shape index (κ3) is 2.34. The second-order valence-electron chi connectivity index (χ2n) is 4.42. The highest BCUT2D eigenvalue weighted by atomic mass is 19.4. The van der Waals surface area contributed by atoms with Crippen molar-refractivity contribution >= 4 is 10.8 Å². The number of hydrogen-bond acceptors (Lipinski definition) is 1. The van der Waals surface area contributed by atoms with Gasteiger partial charge in [0.05, 0.1) is 5.56 Å². The molecule has 0 aliphatic heterocycles. The summed E-state index contributed by atoms with van der Waals surface area (Å²) in [6.07, 6.45) is -4.31. The summed E-state index contributed by atoms with van der Waals surface area (Å²) in [4.78, 5) is 0. The monoisotopic (exact) mass is 253 g/mol. The lowest BCUT2D eigenvalue weighted by Gasteiger charge is -2.14. The van der Waals surface area contributed by atoms with Gasteiger partial charge in [0.25, 0.3) is 0 Å². The Morgan fingerprint density at radius 3 is 2.50 bits per heavy atom. The standard InChI is InChI=1S/C14H14F3N/c1-9(8-18)12-4-2-3-10-5-6-11(7-13(10)12)14(15,16)17/h2-7,9H,8,18H2,1H3. The molecule has 96 valence electrons. The lowest BCUT2D eigenvalue weighted by molar-refractivity contribution is -0.137. The average Bonchev–Trinajstić information content (AvgIpc) is 2.35. The molecule has 0 radical (unpaired) electrons. The predicted molar refractivity (Wildman–Crippen MR) is 66.4 cm³/mol. The van der Waals surface area contributed by atoms with E-state index in [0.29, 0.717) is 11.9 Å². The zero-order valence-electron chi connectivity index (χ0n) is 9.96. The molecule has 0 bridgehead atoms. The largest absolute Gasteiger partial charge is 0.416 e. The Bertz CT molecular complexity index is 560. The smallest absolute Gasteiger partial charge is 0.330 e. The maximum Gasteiger partial charge on any atom is 0.416 e. The van der Waals surface area contributed by atoms with Crippen LogP contribution >= 0.6 is 0 Å². The zero-order chi connectivity index (χ0) is 13.3. The van der Waals surface area contributed by atoms with Crippen molar-refractivity contribution in [2.24, 2.45) is 5.73 Å². The third-order valence-corrected chi connectivity index (χ3v) is 3.13. The Hall–Kier alpha value is -1.55. The van der Waals surface area contributed by atoms with E-state index in [1.807, 2.05) is 25.1 Å². The normalized spacial score (nSPS) is 13.8. The molecular formula is C14H14F3N. The van der Waals surface area contributed by atoms with Gasteiger partial charge in [0, 0.05) is 0 Å². The molecule has 1 nitrogen and oxygen atoms in total. The van der Waals surface area contributed by atoms with E-state index in [4.69, 9.17) is 5.73 Å². The number of halogens is 3.